The maximum atomic E-state index is 12.7. The number of nitrogens with one attached hydrogen (secondary N) is 1. The lowest BCUT2D eigenvalue weighted by atomic mass is 10.0. The number of carbonyl (C=O) groups is 1. The molecule has 0 radical (unpaired) electrons. The summed E-state index contributed by atoms with van der Waals surface area (Å²) in [6.45, 7) is 0. The molecule has 156 valence electrons. The monoisotopic (exact) mass is 405 g/mol. The van der Waals surface area contributed by atoms with Crippen LogP contribution >= 0.6 is 0 Å². The van der Waals surface area contributed by atoms with Gasteiger partial charge in [0.25, 0.3) is 0 Å². The predicted molar refractivity (Wildman–Crippen MR) is 119 cm³/mol. The first-order valence-corrected chi connectivity index (χ1v) is 9.85. The largest absolute Gasteiger partial charge is 0.493 e. The summed E-state index contributed by atoms with van der Waals surface area (Å²) >= 11 is 0. The Morgan fingerprint density at radius 2 is 1.47 bits per heavy atom. The van der Waals surface area contributed by atoms with Crippen LogP contribution in [0.3, 0.4) is 0 Å². The van der Waals surface area contributed by atoms with E-state index in [1.807, 2.05) is 54.6 Å². The smallest absolute Gasteiger partial charge is 0.224 e. The topological polar surface area (TPSA) is 56.8 Å². The predicted octanol–water partition coefficient (Wildman–Crippen LogP) is 4.87. The van der Waals surface area contributed by atoms with Crippen molar-refractivity contribution in [3.05, 3.63) is 83.4 Å². The van der Waals surface area contributed by atoms with E-state index in [2.05, 4.69) is 17.4 Å². The molecule has 3 aromatic rings. The fourth-order valence-electron chi connectivity index (χ4n) is 3.43. The summed E-state index contributed by atoms with van der Waals surface area (Å²) in [5.41, 5.74) is 4.02. The van der Waals surface area contributed by atoms with Gasteiger partial charge in [0.1, 0.15) is 0 Å². The van der Waals surface area contributed by atoms with Crippen LogP contribution in [-0.4, -0.2) is 27.2 Å². The molecule has 1 amide bonds. The Kier molecular flexibility index (Phi) is 7.33. The van der Waals surface area contributed by atoms with E-state index < -0.39 is 0 Å². The van der Waals surface area contributed by atoms with Gasteiger partial charge in [-0.3, -0.25) is 4.79 Å². The van der Waals surface area contributed by atoms with Crippen LogP contribution in [0.1, 0.15) is 23.1 Å². The number of aryl methyl sites for hydroxylation is 1. The third-order valence-electron chi connectivity index (χ3n) is 4.94. The highest BCUT2D eigenvalue weighted by Crippen LogP contribution is 2.40. The van der Waals surface area contributed by atoms with Crippen LogP contribution in [0, 0.1) is 0 Å². The van der Waals surface area contributed by atoms with E-state index in [1.165, 1.54) is 5.56 Å². The number of ether oxygens (including phenoxy) is 3. The lowest BCUT2D eigenvalue weighted by Crippen LogP contribution is -2.14. The zero-order valence-electron chi connectivity index (χ0n) is 17.6. The van der Waals surface area contributed by atoms with Gasteiger partial charge in [0.2, 0.25) is 11.7 Å². The highest BCUT2D eigenvalue weighted by Gasteiger charge is 2.17. The normalized spacial score (nSPS) is 10.4. The molecular formula is C25H27NO4. The Morgan fingerprint density at radius 3 is 2.17 bits per heavy atom. The van der Waals surface area contributed by atoms with Crippen LogP contribution in [0.15, 0.2) is 66.7 Å². The summed E-state index contributed by atoms with van der Waals surface area (Å²) in [4.78, 5) is 12.7. The van der Waals surface area contributed by atoms with Crippen LogP contribution in [0.25, 0.3) is 0 Å². The van der Waals surface area contributed by atoms with Crippen molar-refractivity contribution in [3.63, 3.8) is 0 Å². The number of hydrogen-bond acceptors (Lipinski definition) is 4. The third kappa shape index (κ3) is 5.11. The van der Waals surface area contributed by atoms with Gasteiger partial charge in [-0.2, -0.15) is 0 Å². The summed E-state index contributed by atoms with van der Waals surface area (Å²) in [6, 6.07) is 21.8. The molecule has 5 nitrogen and oxygen atoms in total. The number of rotatable bonds is 9. The summed E-state index contributed by atoms with van der Waals surface area (Å²) < 4.78 is 16.2. The van der Waals surface area contributed by atoms with Crippen LogP contribution in [0.4, 0.5) is 5.69 Å². The van der Waals surface area contributed by atoms with Gasteiger partial charge < -0.3 is 19.5 Å². The second kappa shape index (κ2) is 10.3. The van der Waals surface area contributed by atoms with E-state index in [1.54, 1.807) is 21.3 Å². The molecule has 0 spiro atoms. The molecule has 0 fully saturated rings. The highest BCUT2D eigenvalue weighted by atomic mass is 16.5. The van der Waals surface area contributed by atoms with Crippen molar-refractivity contribution >= 4 is 11.6 Å². The molecule has 0 saturated carbocycles. The Hall–Kier alpha value is -3.47. The van der Waals surface area contributed by atoms with Crippen LogP contribution in [0.2, 0.25) is 0 Å². The number of anilines is 1. The lowest BCUT2D eigenvalue weighted by molar-refractivity contribution is -0.116. The van der Waals surface area contributed by atoms with E-state index in [-0.39, 0.29) is 5.91 Å². The number of methoxy groups -OCH3 is 3. The number of hydrogen-bond donors (Lipinski definition) is 1. The van der Waals surface area contributed by atoms with Gasteiger partial charge in [0.15, 0.2) is 11.5 Å². The van der Waals surface area contributed by atoms with E-state index in [9.17, 15) is 4.79 Å². The van der Waals surface area contributed by atoms with Gasteiger partial charge in [-0.25, -0.2) is 0 Å². The SMILES string of the molecule is COc1ccc(CCC(=O)Nc2ccccc2Cc2ccccc2)c(OC)c1OC. The zero-order chi connectivity index (χ0) is 21.3. The van der Waals surface area contributed by atoms with Gasteiger partial charge >= 0.3 is 0 Å². The molecule has 0 saturated heterocycles. The summed E-state index contributed by atoms with van der Waals surface area (Å²) in [7, 11) is 4.73. The van der Waals surface area contributed by atoms with Crippen LogP contribution < -0.4 is 19.5 Å². The first-order valence-electron chi connectivity index (χ1n) is 9.85. The van der Waals surface area contributed by atoms with Gasteiger partial charge in [-0.05, 0) is 41.7 Å². The van der Waals surface area contributed by atoms with Crippen molar-refractivity contribution in [2.45, 2.75) is 19.3 Å². The minimum Gasteiger partial charge on any atom is -0.493 e. The van der Waals surface area contributed by atoms with Gasteiger partial charge in [0.05, 0.1) is 21.3 Å². The zero-order valence-corrected chi connectivity index (χ0v) is 17.6. The standard InChI is InChI=1S/C25H27NO4/c1-28-22-15-13-19(24(29-2)25(22)30-3)14-16-23(27)26-21-12-8-7-11-20(21)17-18-9-5-4-6-10-18/h4-13,15H,14,16-17H2,1-3H3,(H,26,27). The number of benzene rings is 3. The van der Waals surface area contributed by atoms with Gasteiger partial charge in [-0.1, -0.05) is 54.6 Å². The molecule has 5 heteroatoms. The molecule has 1 N–H and O–H groups in total. The fourth-order valence-corrected chi connectivity index (χ4v) is 3.43. The average Bonchev–Trinajstić information content (AvgIpc) is 2.78. The third-order valence-corrected chi connectivity index (χ3v) is 4.94. The average molecular weight is 405 g/mol. The molecule has 3 aromatic carbocycles. The molecule has 30 heavy (non-hydrogen) atoms. The first kappa shape index (κ1) is 21.2. The molecule has 0 bridgehead atoms. The van der Waals surface area contributed by atoms with Crippen molar-refractivity contribution in [2.24, 2.45) is 0 Å². The van der Waals surface area contributed by atoms with Gasteiger partial charge in [0, 0.05) is 12.1 Å². The van der Waals surface area contributed by atoms with Crippen molar-refractivity contribution < 1.29 is 19.0 Å². The second-order valence-corrected chi connectivity index (χ2v) is 6.86. The van der Waals surface area contributed by atoms with Crippen LogP contribution in [0.5, 0.6) is 17.2 Å². The second-order valence-electron chi connectivity index (χ2n) is 6.86. The maximum Gasteiger partial charge on any atom is 0.224 e. The van der Waals surface area contributed by atoms with Crippen molar-refractivity contribution in [3.8, 4) is 17.2 Å². The maximum absolute atomic E-state index is 12.7. The highest BCUT2D eigenvalue weighted by molar-refractivity contribution is 5.91. The Bertz CT molecular complexity index is 986. The van der Waals surface area contributed by atoms with Crippen LogP contribution in [-0.2, 0) is 17.6 Å². The molecule has 0 aliphatic heterocycles. The molecule has 0 atom stereocenters. The molecule has 0 aliphatic carbocycles. The fraction of sp³-hybridized carbons (Fsp3) is 0.240. The Morgan fingerprint density at radius 1 is 0.767 bits per heavy atom. The minimum atomic E-state index is -0.0488. The summed E-state index contributed by atoms with van der Waals surface area (Å²) in [6.07, 6.45) is 1.61. The molecule has 0 aliphatic rings. The van der Waals surface area contributed by atoms with E-state index in [4.69, 9.17) is 14.2 Å². The van der Waals surface area contributed by atoms with E-state index >= 15 is 0 Å². The first-order chi connectivity index (χ1) is 14.7. The Labute approximate surface area is 177 Å². The lowest BCUT2D eigenvalue weighted by Gasteiger charge is -2.16. The molecular weight excluding hydrogens is 378 g/mol. The molecule has 3 rings (SSSR count). The number of amides is 1. The minimum absolute atomic E-state index is 0.0488. The van der Waals surface area contributed by atoms with E-state index in [0.717, 1.165) is 23.2 Å². The van der Waals surface area contributed by atoms with Crippen molar-refractivity contribution in [1.29, 1.82) is 0 Å². The summed E-state index contributed by atoms with van der Waals surface area (Å²) in [5.74, 6) is 1.67. The Balaban J connectivity index is 1.69. The quantitative estimate of drug-likeness (QED) is 0.552. The van der Waals surface area contributed by atoms with Gasteiger partial charge in [-0.15, -0.1) is 0 Å². The number of para-hydroxylation sites is 1. The van der Waals surface area contributed by atoms with Crippen molar-refractivity contribution in [2.75, 3.05) is 26.6 Å². The molecule has 0 unspecified atom stereocenters. The molecule has 0 heterocycles. The molecule has 0 aromatic heterocycles. The number of carbonyl (C=O) groups excluding carboxylic acids is 1. The van der Waals surface area contributed by atoms with Crippen molar-refractivity contribution in [1.82, 2.24) is 0 Å². The van der Waals surface area contributed by atoms with E-state index in [0.29, 0.717) is 30.1 Å². The summed E-state index contributed by atoms with van der Waals surface area (Å²) in [5, 5.41) is 3.05.